The molecule has 0 amide bonds. The minimum atomic E-state index is 0.142. The van der Waals surface area contributed by atoms with Gasteiger partial charge >= 0.3 is 0 Å². The van der Waals surface area contributed by atoms with Crippen LogP contribution >= 0.6 is 23.2 Å². The molecule has 0 fully saturated rings. The molecule has 1 atom stereocenters. The molecule has 4 heteroatoms. The summed E-state index contributed by atoms with van der Waals surface area (Å²) >= 11 is 11.9. The van der Waals surface area contributed by atoms with Crippen LogP contribution in [0.5, 0.6) is 0 Å². The van der Waals surface area contributed by atoms with Crippen LogP contribution in [0.4, 0.5) is 0 Å². The second-order valence-corrected chi connectivity index (χ2v) is 5.53. The van der Waals surface area contributed by atoms with Crippen LogP contribution in [-0.4, -0.2) is 0 Å². The van der Waals surface area contributed by atoms with E-state index in [1.807, 2.05) is 18.2 Å². The van der Waals surface area contributed by atoms with Gasteiger partial charge < -0.3 is 0 Å². The van der Waals surface area contributed by atoms with Gasteiger partial charge in [0.2, 0.25) is 0 Å². The molecule has 17 heavy (non-hydrogen) atoms. The standard InChI is InChI=1S/C13H20Cl2N2/c1-9(2)4-3-5-13(17-16)10-6-7-11(14)12(15)8-10/h6-9,13,17H,3-5,16H2,1-2H3. The summed E-state index contributed by atoms with van der Waals surface area (Å²) < 4.78 is 0. The molecule has 3 N–H and O–H groups in total. The lowest BCUT2D eigenvalue weighted by molar-refractivity contribution is 0.455. The smallest absolute Gasteiger partial charge is 0.0595 e. The summed E-state index contributed by atoms with van der Waals surface area (Å²) in [5.74, 6) is 6.31. The van der Waals surface area contributed by atoms with Crippen LogP contribution in [0.15, 0.2) is 18.2 Å². The Bertz CT molecular complexity index is 353. The van der Waals surface area contributed by atoms with Gasteiger partial charge in [-0.1, -0.05) is 56.0 Å². The van der Waals surface area contributed by atoms with Crippen molar-refractivity contribution in [3.63, 3.8) is 0 Å². The normalized spacial score (nSPS) is 13.1. The lowest BCUT2D eigenvalue weighted by Crippen LogP contribution is -2.28. The van der Waals surface area contributed by atoms with Crippen LogP contribution in [0.25, 0.3) is 0 Å². The topological polar surface area (TPSA) is 38.0 Å². The summed E-state index contributed by atoms with van der Waals surface area (Å²) in [6, 6.07) is 5.80. The van der Waals surface area contributed by atoms with E-state index < -0.39 is 0 Å². The van der Waals surface area contributed by atoms with Gasteiger partial charge in [0.15, 0.2) is 0 Å². The lowest BCUT2D eigenvalue weighted by Gasteiger charge is -2.17. The van der Waals surface area contributed by atoms with Crippen molar-refractivity contribution < 1.29 is 0 Å². The molecule has 0 saturated carbocycles. The third kappa shape index (κ3) is 4.84. The molecule has 96 valence electrons. The average Bonchev–Trinajstić information content (AvgIpc) is 2.28. The summed E-state index contributed by atoms with van der Waals surface area (Å²) in [5.41, 5.74) is 3.93. The van der Waals surface area contributed by atoms with E-state index >= 15 is 0 Å². The first-order chi connectivity index (χ1) is 8.04. The molecule has 1 aromatic carbocycles. The molecule has 1 rings (SSSR count). The quantitative estimate of drug-likeness (QED) is 0.599. The van der Waals surface area contributed by atoms with E-state index in [2.05, 4.69) is 19.3 Å². The highest BCUT2D eigenvalue weighted by Gasteiger charge is 2.11. The first-order valence-electron chi connectivity index (χ1n) is 5.95. The van der Waals surface area contributed by atoms with E-state index in [0.717, 1.165) is 24.3 Å². The van der Waals surface area contributed by atoms with Gasteiger partial charge in [0.25, 0.3) is 0 Å². The Labute approximate surface area is 113 Å². The maximum absolute atomic E-state index is 6.00. The summed E-state index contributed by atoms with van der Waals surface area (Å²) in [6.07, 6.45) is 3.36. The van der Waals surface area contributed by atoms with Gasteiger partial charge in [0.1, 0.15) is 0 Å². The monoisotopic (exact) mass is 274 g/mol. The fourth-order valence-corrected chi connectivity index (χ4v) is 2.11. The summed E-state index contributed by atoms with van der Waals surface area (Å²) in [7, 11) is 0. The number of nitrogens with one attached hydrogen (secondary N) is 1. The predicted molar refractivity (Wildman–Crippen MR) is 75.2 cm³/mol. The Morgan fingerprint density at radius 3 is 2.41 bits per heavy atom. The Hall–Kier alpha value is -0.280. The second-order valence-electron chi connectivity index (χ2n) is 4.72. The predicted octanol–water partition coefficient (Wildman–Crippen LogP) is 4.32. The summed E-state index contributed by atoms with van der Waals surface area (Å²) in [4.78, 5) is 0. The molecule has 0 aromatic heterocycles. The largest absolute Gasteiger partial charge is 0.271 e. The van der Waals surface area contributed by atoms with E-state index in [4.69, 9.17) is 29.0 Å². The average molecular weight is 275 g/mol. The van der Waals surface area contributed by atoms with Crippen molar-refractivity contribution in [2.75, 3.05) is 0 Å². The van der Waals surface area contributed by atoms with Crippen LogP contribution in [0.1, 0.15) is 44.7 Å². The molecule has 1 unspecified atom stereocenters. The fourth-order valence-electron chi connectivity index (χ4n) is 1.81. The molecule has 0 saturated heterocycles. The SMILES string of the molecule is CC(C)CCCC(NN)c1ccc(Cl)c(Cl)c1. The third-order valence-corrected chi connectivity index (χ3v) is 3.56. The van der Waals surface area contributed by atoms with Gasteiger partial charge in [-0.05, 0) is 30.0 Å². The molecule has 0 aliphatic carbocycles. The number of rotatable bonds is 6. The third-order valence-electron chi connectivity index (χ3n) is 2.82. The maximum Gasteiger partial charge on any atom is 0.0595 e. The highest BCUT2D eigenvalue weighted by Crippen LogP contribution is 2.27. The Morgan fingerprint density at radius 1 is 1.18 bits per heavy atom. The molecular formula is C13H20Cl2N2. The van der Waals surface area contributed by atoms with E-state index in [-0.39, 0.29) is 6.04 Å². The van der Waals surface area contributed by atoms with Gasteiger partial charge in [0, 0.05) is 6.04 Å². The van der Waals surface area contributed by atoms with Crippen molar-refractivity contribution in [2.24, 2.45) is 11.8 Å². The molecule has 0 aliphatic rings. The summed E-state index contributed by atoms with van der Waals surface area (Å²) in [6.45, 7) is 4.45. The number of hydrogen-bond acceptors (Lipinski definition) is 2. The number of benzene rings is 1. The van der Waals surface area contributed by atoms with Crippen molar-refractivity contribution in [1.82, 2.24) is 5.43 Å². The van der Waals surface area contributed by atoms with Gasteiger partial charge in [-0.25, -0.2) is 0 Å². The van der Waals surface area contributed by atoms with Crippen molar-refractivity contribution in [3.8, 4) is 0 Å². The Kier molecular flexibility index (Phi) is 6.28. The lowest BCUT2D eigenvalue weighted by atomic mass is 9.98. The van der Waals surface area contributed by atoms with Gasteiger partial charge in [-0.2, -0.15) is 0 Å². The zero-order valence-electron chi connectivity index (χ0n) is 10.3. The van der Waals surface area contributed by atoms with Crippen molar-refractivity contribution in [2.45, 2.75) is 39.2 Å². The molecule has 1 aromatic rings. The molecule has 0 bridgehead atoms. The first-order valence-corrected chi connectivity index (χ1v) is 6.71. The molecule has 0 aliphatic heterocycles. The first kappa shape index (κ1) is 14.8. The highest BCUT2D eigenvalue weighted by atomic mass is 35.5. The van der Waals surface area contributed by atoms with Crippen molar-refractivity contribution in [1.29, 1.82) is 0 Å². The number of halogens is 2. The fraction of sp³-hybridized carbons (Fsp3) is 0.538. The Balaban J connectivity index is 2.62. The van der Waals surface area contributed by atoms with E-state index in [0.29, 0.717) is 10.0 Å². The van der Waals surface area contributed by atoms with E-state index in [9.17, 15) is 0 Å². The maximum atomic E-state index is 6.00. The Morgan fingerprint density at radius 2 is 1.88 bits per heavy atom. The number of hydrazine groups is 1. The molecule has 0 spiro atoms. The molecular weight excluding hydrogens is 255 g/mol. The number of hydrogen-bond donors (Lipinski definition) is 2. The van der Waals surface area contributed by atoms with E-state index in [1.165, 1.54) is 6.42 Å². The zero-order chi connectivity index (χ0) is 12.8. The second kappa shape index (κ2) is 7.22. The zero-order valence-corrected chi connectivity index (χ0v) is 11.9. The van der Waals surface area contributed by atoms with Crippen LogP contribution in [0, 0.1) is 5.92 Å². The minimum Gasteiger partial charge on any atom is -0.271 e. The van der Waals surface area contributed by atoms with Crippen LogP contribution < -0.4 is 11.3 Å². The molecule has 0 radical (unpaired) electrons. The van der Waals surface area contributed by atoms with Crippen LogP contribution in [0.3, 0.4) is 0 Å². The molecule has 0 heterocycles. The molecule has 2 nitrogen and oxygen atoms in total. The van der Waals surface area contributed by atoms with Crippen LogP contribution in [0.2, 0.25) is 10.0 Å². The number of nitrogens with two attached hydrogens (primary N) is 1. The van der Waals surface area contributed by atoms with Gasteiger partial charge in [0.05, 0.1) is 10.0 Å². The van der Waals surface area contributed by atoms with Crippen LogP contribution in [-0.2, 0) is 0 Å². The highest BCUT2D eigenvalue weighted by molar-refractivity contribution is 6.42. The minimum absolute atomic E-state index is 0.142. The van der Waals surface area contributed by atoms with E-state index in [1.54, 1.807) is 0 Å². The van der Waals surface area contributed by atoms with Gasteiger partial charge in [-0.15, -0.1) is 0 Å². The summed E-state index contributed by atoms with van der Waals surface area (Å²) in [5, 5.41) is 1.15. The van der Waals surface area contributed by atoms with Crippen molar-refractivity contribution >= 4 is 23.2 Å². The van der Waals surface area contributed by atoms with Crippen molar-refractivity contribution in [3.05, 3.63) is 33.8 Å². The van der Waals surface area contributed by atoms with Gasteiger partial charge in [-0.3, -0.25) is 11.3 Å².